The number of hydrogen-bond donors (Lipinski definition) is 0. The van der Waals surface area contributed by atoms with Gasteiger partial charge in [0.05, 0.1) is 16.8 Å². The van der Waals surface area contributed by atoms with Crippen LogP contribution in [0.2, 0.25) is 0 Å². The molecule has 0 saturated carbocycles. The van der Waals surface area contributed by atoms with E-state index in [1.54, 1.807) is 35.6 Å². The van der Waals surface area contributed by atoms with Gasteiger partial charge in [-0.15, -0.1) is 13.2 Å². The molecule has 0 unspecified atom stereocenters. The number of rotatable bonds is 3. The number of benzene rings is 1. The molecule has 0 atom stereocenters. The molecule has 9 heteroatoms. The molecule has 0 saturated heterocycles. The van der Waals surface area contributed by atoms with Crippen LogP contribution in [-0.4, -0.2) is 25.7 Å². The molecular formula is C16H16BrF3N4O. The summed E-state index contributed by atoms with van der Waals surface area (Å²) in [4.78, 5) is 4.41. The zero-order chi connectivity index (χ0) is 18.5. The van der Waals surface area contributed by atoms with Gasteiger partial charge in [0.1, 0.15) is 16.2 Å². The van der Waals surface area contributed by atoms with Crippen LogP contribution in [0.3, 0.4) is 0 Å². The monoisotopic (exact) mass is 416 g/mol. The van der Waals surface area contributed by atoms with E-state index in [0.717, 1.165) is 5.69 Å². The first-order chi connectivity index (χ1) is 11.6. The van der Waals surface area contributed by atoms with Crippen LogP contribution in [-0.2, 0) is 14.1 Å². The van der Waals surface area contributed by atoms with Crippen LogP contribution in [0, 0.1) is 0 Å². The Morgan fingerprint density at radius 1 is 1.20 bits per heavy atom. The second-order valence-corrected chi connectivity index (χ2v) is 6.83. The number of ether oxygens (including phenoxy) is 1. The summed E-state index contributed by atoms with van der Waals surface area (Å²) in [5, 5.41) is 4.85. The van der Waals surface area contributed by atoms with E-state index in [1.165, 1.54) is 6.07 Å². The lowest BCUT2D eigenvalue weighted by molar-refractivity contribution is -0.274. The average Bonchev–Trinajstić information content (AvgIpc) is 2.94. The minimum absolute atomic E-state index is 0.148. The zero-order valence-electron chi connectivity index (χ0n) is 14.0. The quantitative estimate of drug-likeness (QED) is 0.618. The fourth-order valence-electron chi connectivity index (χ4n) is 2.90. The van der Waals surface area contributed by atoms with Gasteiger partial charge in [-0.05, 0) is 27.9 Å². The molecule has 0 N–H and O–H groups in total. The standard InChI is InChI=1S/C16H16BrF3N4O/c1-8(2)13-14(17)21-15(24(13)4)10-5-9-7-23(3)22-11(9)6-12(10)25-16(18,19)20/h5-8H,1-4H3. The van der Waals surface area contributed by atoms with Gasteiger partial charge in [0.15, 0.2) is 0 Å². The second-order valence-electron chi connectivity index (χ2n) is 6.08. The SMILES string of the molecule is CC(C)c1c(Br)nc(-c2cc3cn(C)nc3cc2OC(F)(F)F)n1C. The van der Waals surface area contributed by atoms with Gasteiger partial charge in [-0.25, -0.2) is 4.98 Å². The summed E-state index contributed by atoms with van der Waals surface area (Å²) < 4.78 is 46.8. The van der Waals surface area contributed by atoms with Crippen molar-refractivity contribution in [3.8, 4) is 17.1 Å². The molecule has 1 aromatic carbocycles. The Balaban J connectivity index is 2.26. The molecule has 0 radical (unpaired) electrons. The van der Waals surface area contributed by atoms with E-state index in [4.69, 9.17) is 0 Å². The molecule has 0 amide bonds. The summed E-state index contributed by atoms with van der Waals surface area (Å²) in [5.41, 5.74) is 1.56. The first-order valence-electron chi connectivity index (χ1n) is 7.52. The Labute approximate surface area is 150 Å². The third kappa shape index (κ3) is 3.37. The summed E-state index contributed by atoms with van der Waals surface area (Å²) in [6.07, 6.45) is -3.07. The van der Waals surface area contributed by atoms with Crippen molar-refractivity contribution >= 4 is 26.8 Å². The molecule has 2 aromatic heterocycles. The van der Waals surface area contributed by atoms with Crippen molar-refractivity contribution in [2.24, 2.45) is 14.1 Å². The van der Waals surface area contributed by atoms with Gasteiger partial charge in [0.25, 0.3) is 0 Å². The van der Waals surface area contributed by atoms with E-state index in [9.17, 15) is 13.2 Å². The predicted molar refractivity (Wildman–Crippen MR) is 91.4 cm³/mol. The lowest BCUT2D eigenvalue weighted by Gasteiger charge is -2.14. The predicted octanol–water partition coefficient (Wildman–Crippen LogP) is 4.76. The number of alkyl halides is 3. The van der Waals surface area contributed by atoms with Crippen molar-refractivity contribution in [3.05, 3.63) is 28.6 Å². The molecule has 3 rings (SSSR count). The summed E-state index contributed by atoms with van der Waals surface area (Å²) >= 11 is 3.39. The van der Waals surface area contributed by atoms with Crippen LogP contribution >= 0.6 is 15.9 Å². The maximum Gasteiger partial charge on any atom is 0.573 e. The molecule has 5 nitrogen and oxygen atoms in total. The second kappa shape index (κ2) is 6.05. The first kappa shape index (κ1) is 17.8. The van der Waals surface area contributed by atoms with Crippen molar-refractivity contribution in [1.82, 2.24) is 19.3 Å². The smallest absolute Gasteiger partial charge is 0.405 e. The van der Waals surface area contributed by atoms with Gasteiger partial charge in [0, 0.05) is 31.7 Å². The van der Waals surface area contributed by atoms with E-state index in [0.29, 0.717) is 21.3 Å². The van der Waals surface area contributed by atoms with Crippen molar-refractivity contribution < 1.29 is 17.9 Å². The third-order valence-corrected chi connectivity index (χ3v) is 4.41. The molecule has 0 aliphatic heterocycles. The zero-order valence-corrected chi connectivity index (χ0v) is 15.6. The highest BCUT2D eigenvalue weighted by atomic mass is 79.9. The van der Waals surface area contributed by atoms with Gasteiger partial charge in [-0.1, -0.05) is 13.8 Å². The Morgan fingerprint density at radius 3 is 2.44 bits per heavy atom. The van der Waals surface area contributed by atoms with Crippen molar-refractivity contribution in [2.45, 2.75) is 26.1 Å². The molecule has 134 valence electrons. The van der Waals surface area contributed by atoms with E-state index >= 15 is 0 Å². The molecule has 25 heavy (non-hydrogen) atoms. The highest BCUT2D eigenvalue weighted by Gasteiger charge is 2.33. The summed E-state index contributed by atoms with van der Waals surface area (Å²) in [7, 11) is 3.48. The fraction of sp³-hybridized carbons (Fsp3) is 0.375. The molecule has 0 spiro atoms. The van der Waals surface area contributed by atoms with Crippen LogP contribution in [0.1, 0.15) is 25.5 Å². The van der Waals surface area contributed by atoms with Crippen molar-refractivity contribution in [3.63, 3.8) is 0 Å². The number of hydrogen-bond acceptors (Lipinski definition) is 3. The number of halogens is 4. The molecule has 2 heterocycles. The maximum atomic E-state index is 12.9. The Bertz CT molecular complexity index is 943. The highest BCUT2D eigenvalue weighted by molar-refractivity contribution is 9.10. The molecule has 0 aliphatic rings. The van der Waals surface area contributed by atoms with E-state index in [1.807, 2.05) is 13.8 Å². The molecular weight excluding hydrogens is 401 g/mol. The number of fused-ring (bicyclic) bond motifs is 1. The van der Waals surface area contributed by atoms with Crippen LogP contribution in [0.5, 0.6) is 5.75 Å². The largest absolute Gasteiger partial charge is 0.573 e. The Hall–Kier alpha value is -2.03. The number of aromatic nitrogens is 4. The Morgan fingerprint density at radius 2 is 1.88 bits per heavy atom. The maximum absolute atomic E-state index is 12.9. The van der Waals surface area contributed by atoms with E-state index < -0.39 is 6.36 Å². The van der Waals surface area contributed by atoms with Crippen LogP contribution in [0.15, 0.2) is 22.9 Å². The Kier molecular flexibility index (Phi) is 4.30. The number of nitrogens with zero attached hydrogens (tertiary/aromatic N) is 4. The van der Waals surface area contributed by atoms with E-state index in [-0.39, 0.29) is 17.2 Å². The number of aryl methyl sites for hydroxylation is 1. The lowest BCUT2D eigenvalue weighted by atomic mass is 10.1. The van der Waals surface area contributed by atoms with Crippen LogP contribution in [0.4, 0.5) is 13.2 Å². The first-order valence-corrected chi connectivity index (χ1v) is 8.31. The summed E-state index contributed by atoms with van der Waals surface area (Å²) in [6.45, 7) is 3.98. The van der Waals surface area contributed by atoms with Gasteiger partial charge in [-0.3, -0.25) is 4.68 Å². The average molecular weight is 417 g/mol. The molecule has 0 bridgehead atoms. The van der Waals surface area contributed by atoms with Gasteiger partial charge in [0.2, 0.25) is 0 Å². The summed E-state index contributed by atoms with van der Waals surface area (Å²) in [6, 6.07) is 2.90. The highest BCUT2D eigenvalue weighted by Crippen LogP contribution is 2.38. The lowest BCUT2D eigenvalue weighted by Crippen LogP contribution is -2.18. The molecule has 0 fully saturated rings. The van der Waals surface area contributed by atoms with Gasteiger partial charge in [-0.2, -0.15) is 5.10 Å². The van der Waals surface area contributed by atoms with E-state index in [2.05, 4.69) is 30.7 Å². The normalized spacial score (nSPS) is 12.4. The third-order valence-electron chi connectivity index (χ3n) is 3.83. The topological polar surface area (TPSA) is 44.9 Å². The molecule has 0 aliphatic carbocycles. The van der Waals surface area contributed by atoms with Gasteiger partial charge < -0.3 is 9.30 Å². The minimum atomic E-state index is -4.81. The van der Waals surface area contributed by atoms with Crippen molar-refractivity contribution in [1.29, 1.82) is 0 Å². The minimum Gasteiger partial charge on any atom is -0.405 e. The van der Waals surface area contributed by atoms with Gasteiger partial charge >= 0.3 is 6.36 Å². The molecule has 3 aromatic rings. The summed E-state index contributed by atoms with van der Waals surface area (Å²) in [5.74, 6) is 0.213. The van der Waals surface area contributed by atoms with Crippen LogP contribution < -0.4 is 4.74 Å². The fourth-order valence-corrected chi connectivity index (χ4v) is 3.80. The van der Waals surface area contributed by atoms with Crippen molar-refractivity contribution in [2.75, 3.05) is 0 Å². The van der Waals surface area contributed by atoms with Crippen LogP contribution in [0.25, 0.3) is 22.3 Å². The number of imidazole rings is 1.